The number of carbonyl (C=O) groups is 3. The van der Waals surface area contributed by atoms with Gasteiger partial charge in [0.25, 0.3) is 0 Å². The highest BCUT2D eigenvalue weighted by Crippen LogP contribution is 2.38. The molecule has 1 aliphatic carbocycles. The lowest BCUT2D eigenvalue weighted by atomic mass is 9.79. The maximum absolute atomic E-state index is 12.7. The first-order valence-electron chi connectivity index (χ1n) is 10.7. The van der Waals surface area contributed by atoms with E-state index in [1.54, 1.807) is 41.5 Å². The first-order valence-corrected chi connectivity index (χ1v) is 10.7. The minimum Gasteiger partial charge on any atom is -0.444 e. The van der Waals surface area contributed by atoms with Crippen LogP contribution >= 0.6 is 0 Å². The van der Waals surface area contributed by atoms with Crippen LogP contribution in [0.1, 0.15) is 80.1 Å². The van der Waals surface area contributed by atoms with E-state index >= 15 is 0 Å². The third-order valence-corrected chi connectivity index (χ3v) is 5.55. The van der Waals surface area contributed by atoms with Gasteiger partial charge in [-0.3, -0.25) is 9.69 Å². The third kappa shape index (κ3) is 6.89. The molecule has 0 aromatic carbocycles. The molecule has 2 aliphatic rings. The summed E-state index contributed by atoms with van der Waals surface area (Å²) >= 11 is 0. The Morgan fingerprint density at radius 1 is 0.897 bits per heavy atom. The van der Waals surface area contributed by atoms with Gasteiger partial charge in [-0.05, 0) is 59.8 Å². The zero-order valence-corrected chi connectivity index (χ0v) is 18.8. The molecule has 2 fully saturated rings. The highest BCUT2D eigenvalue weighted by molar-refractivity contribution is 5.82. The number of nitrogens with zero attached hydrogens (tertiary/aromatic N) is 1. The Balaban J connectivity index is 2.02. The standard InChI is InChI=1S/C22H37NO6/c1-21(2,3)19(25)28-14-27-18(24)17-12-16(15-10-8-7-9-11-15)13-23(17)20(26)29-22(4,5)6/h15-17H,7-14H2,1-6H3/t16-,17-/m0/s1. The van der Waals surface area contributed by atoms with Crippen molar-refractivity contribution in [2.45, 2.75) is 91.7 Å². The molecule has 2 atom stereocenters. The molecule has 7 heteroatoms. The molecule has 0 unspecified atom stereocenters. The number of esters is 2. The monoisotopic (exact) mass is 411 g/mol. The summed E-state index contributed by atoms with van der Waals surface area (Å²) in [7, 11) is 0. The van der Waals surface area contributed by atoms with Gasteiger partial charge in [-0.15, -0.1) is 0 Å². The smallest absolute Gasteiger partial charge is 0.411 e. The molecule has 1 aliphatic heterocycles. The van der Waals surface area contributed by atoms with E-state index in [0.717, 1.165) is 12.8 Å². The van der Waals surface area contributed by atoms with E-state index < -0.39 is 41.9 Å². The van der Waals surface area contributed by atoms with Crippen LogP contribution in [0.5, 0.6) is 0 Å². The lowest BCUT2D eigenvalue weighted by Crippen LogP contribution is -2.44. The Morgan fingerprint density at radius 2 is 1.52 bits per heavy atom. The second kappa shape index (κ2) is 9.35. The molecule has 0 bridgehead atoms. The minimum absolute atomic E-state index is 0.262. The molecule has 0 aromatic rings. The maximum Gasteiger partial charge on any atom is 0.411 e. The molecule has 7 nitrogen and oxygen atoms in total. The van der Waals surface area contributed by atoms with Crippen LogP contribution in [-0.4, -0.2) is 47.9 Å². The van der Waals surface area contributed by atoms with Crippen LogP contribution in [-0.2, 0) is 23.8 Å². The van der Waals surface area contributed by atoms with Crippen molar-refractivity contribution < 1.29 is 28.6 Å². The lowest BCUT2D eigenvalue weighted by molar-refractivity contribution is -0.175. The Morgan fingerprint density at radius 3 is 2.07 bits per heavy atom. The van der Waals surface area contributed by atoms with Crippen molar-refractivity contribution in [3.05, 3.63) is 0 Å². The van der Waals surface area contributed by atoms with Crippen LogP contribution in [0.2, 0.25) is 0 Å². The highest BCUT2D eigenvalue weighted by Gasteiger charge is 2.45. The summed E-state index contributed by atoms with van der Waals surface area (Å²) < 4.78 is 15.8. The van der Waals surface area contributed by atoms with Crippen molar-refractivity contribution in [2.75, 3.05) is 13.3 Å². The second-order valence-electron chi connectivity index (χ2n) is 10.3. The topological polar surface area (TPSA) is 82.1 Å². The van der Waals surface area contributed by atoms with Crippen molar-refractivity contribution in [1.82, 2.24) is 4.90 Å². The molecule has 29 heavy (non-hydrogen) atoms. The Kier molecular flexibility index (Phi) is 7.57. The van der Waals surface area contributed by atoms with Crippen LogP contribution in [0, 0.1) is 17.3 Å². The second-order valence-corrected chi connectivity index (χ2v) is 10.3. The van der Waals surface area contributed by atoms with Gasteiger partial charge in [0.1, 0.15) is 11.6 Å². The van der Waals surface area contributed by atoms with Crippen LogP contribution in [0.25, 0.3) is 0 Å². The van der Waals surface area contributed by atoms with Gasteiger partial charge in [0.15, 0.2) is 0 Å². The summed E-state index contributed by atoms with van der Waals surface area (Å²) in [5, 5.41) is 0. The fraction of sp³-hybridized carbons (Fsp3) is 0.864. The van der Waals surface area contributed by atoms with Crippen LogP contribution in [0.3, 0.4) is 0 Å². The van der Waals surface area contributed by atoms with Gasteiger partial charge in [0, 0.05) is 6.54 Å². The van der Waals surface area contributed by atoms with Crippen molar-refractivity contribution in [3.63, 3.8) is 0 Å². The molecule has 1 saturated heterocycles. The van der Waals surface area contributed by atoms with Gasteiger partial charge in [-0.2, -0.15) is 0 Å². The lowest BCUT2D eigenvalue weighted by Gasteiger charge is -2.28. The SMILES string of the molecule is CC(C)(C)OC(=O)N1C[C@@H](C2CCCCC2)C[C@H]1C(=O)OCOC(=O)C(C)(C)C. The number of carbonyl (C=O) groups excluding carboxylic acids is 3. The molecule has 0 spiro atoms. The van der Waals surface area contributed by atoms with Gasteiger partial charge in [0.05, 0.1) is 5.41 Å². The first-order chi connectivity index (χ1) is 13.4. The Hall–Kier alpha value is -1.79. The largest absolute Gasteiger partial charge is 0.444 e. The van der Waals surface area contributed by atoms with Crippen molar-refractivity contribution in [3.8, 4) is 0 Å². The maximum atomic E-state index is 12.7. The number of rotatable bonds is 4. The number of amides is 1. The van der Waals surface area contributed by atoms with Gasteiger partial charge in [-0.1, -0.05) is 32.1 Å². The molecule has 0 aromatic heterocycles. The first kappa shape index (κ1) is 23.5. The fourth-order valence-corrected chi connectivity index (χ4v) is 4.02. The zero-order chi connectivity index (χ0) is 21.8. The predicted octanol–water partition coefficient (Wildman–Crippen LogP) is 4.28. The summed E-state index contributed by atoms with van der Waals surface area (Å²) in [5.74, 6) is -0.209. The normalized spacial score (nSPS) is 23.6. The number of likely N-dealkylation sites (tertiary alicyclic amines) is 1. The molecule has 1 saturated carbocycles. The molecular weight excluding hydrogens is 374 g/mol. The van der Waals surface area contributed by atoms with Crippen LogP contribution in [0.15, 0.2) is 0 Å². The van der Waals surface area contributed by atoms with Crippen molar-refractivity contribution in [1.29, 1.82) is 0 Å². The highest BCUT2D eigenvalue weighted by atomic mass is 16.7. The van der Waals surface area contributed by atoms with E-state index in [2.05, 4.69) is 0 Å². The van der Waals surface area contributed by atoms with E-state index in [1.165, 1.54) is 24.2 Å². The molecule has 1 amide bonds. The van der Waals surface area contributed by atoms with Crippen LogP contribution < -0.4 is 0 Å². The minimum atomic E-state index is -0.704. The molecule has 2 rings (SSSR count). The Bertz CT molecular complexity index is 597. The van der Waals surface area contributed by atoms with Gasteiger partial charge in [-0.25, -0.2) is 9.59 Å². The van der Waals surface area contributed by atoms with Crippen molar-refractivity contribution in [2.24, 2.45) is 17.3 Å². The molecule has 0 radical (unpaired) electrons. The molecular formula is C22H37NO6. The summed E-state index contributed by atoms with van der Waals surface area (Å²) in [6, 6.07) is -0.704. The fourth-order valence-electron chi connectivity index (χ4n) is 4.02. The van der Waals surface area contributed by atoms with Gasteiger partial charge >= 0.3 is 18.0 Å². The number of hydrogen-bond acceptors (Lipinski definition) is 6. The molecule has 1 heterocycles. The number of hydrogen-bond donors (Lipinski definition) is 0. The van der Waals surface area contributed by atoms with Gasteiger partial charge in [0.2, 0.25) is 6.79 Å². The predicted molar refractivity (Wildman–Crippen MR) is 108 cm³/mol. The van der Waals surface area contributed by atoms with E-state index in [9.17, 15) is 14.4 Å². The third-order valence-electron chi connectivity index (χ3n) is 5.55. The Labute approximate surface area is 174 Å². The van der Waals surface area contributed by atoms with Crippen molar-refractivity contribution >= 4 is 18.0 Å². The summed E-state index contributed by atoms with van der Waals surface area (Å²) in [6.45, 7) is 10.7. The quantitative estimate of drug-likeness (QED) is 0.507. The van der Waals surface area contributed by atoms with Gasteiger partial charge < -0.3 is 14.2 Å². The van der Waals surface area contributed by atoms with Crippen LogP contribution in [0.4, 0.5) is 4.79 Å². The summed E-state index contributed by atoms with van der Waals surface area (Å²) in [4.78, 5) is 38.8. The van der Waals surface area contributed by atoms with E-state index in [1.807, 2.05) is 0 Å². The average Bonchev–Trinajstić information content (AvgIpc) is 3.05. The zero-order valence-electron chi connectivity index (χ0n) is 18.8. The summed E-state index contributed by atoms with van der Waals surface area (Å²) in [5.41, 5.74) is -1.31. The van der Waals surface area contributed by atoms with E-state index in [0.29, 0.717) is 18.9 Å². The van der Waals surface area contributed by atoms with E-state index in [4.69, 9.17) is 14.2 Å². The summed E-state index contributed by atoms with van der Waals surface area (Å²) in [6.07, 6.45) is 6.00. The molecule has 166 valence electrons. The molecule has 0 N–H and O–H groups in total. The number of ether oxygens (including phenoxy) is 3. The van der Waals surface area contributed by atoms with E-state index in [-0.39, 0.29) is 5.92 Å². The average molecular weight is 412 g/mol.